The lowest BCUT2D eigenvalue weighted by Gasteiger charge is -2.12. The largest absolute Gasteiger partial charge is 0.360 e. The third-order valence-electron chi connectivity index (χ3n) is 3.60. The first-order valence-corrected chi connectivity index (χ1v) is 9.30. The van der Waals surface area contributed by atoms with Crippen molar-refractivity contribution in [3.8, 4) is 11.3 Å². The highest BCUT2D eigenvalue weighted by Crippen LogP contribution is 2.37. The molecular formula is C17H10Cl5N3O2. The van der Waals surface area contributed by atoms with Gasteiger partial charge in [0.1, 0.15) is 17.0 Å². The third kappa shape index (κ3) is 4.13. The number of amides is 1. The molecule has 1 amide bonds. The number of rotatable bonds is 4. The van der Waals surface area contributed by atoms with Gasteiger partial charge < -0.3 is 4.52 Å². The molecule has 140 valence electrons. The summed E-state index contributed by atoms with van der Waals surface area (Å²) >= 11 is 30.5. The number of hydrazine groups is 1. The molecule has 3 aromatic rings. The Hall–Kier alpha value is -1.63. The second kappa shape index (κ2) is 8.17. The van der Waals surface area contributed by atoms with Crippen molar-refractivity contribution in [3.63, 3.8) is 0 Å². The molecule has 2 aromatic carbocycles. The van der Waals surface area contributed by atoms with Crippen LogP contribution in [0.25, 0.3) is 11.3 Å². The lowest BCUT2D eigenvalue weighted by Crippen LogP contribution is -2.30. The van der Waals surface area contributed by atoms with E-state index in [2.05, 4.69) is 16.0 Å². The van der Waals surface area contributed by atoms with Gasteiger partial charge in [-0.2, -0.15) is 0 Å². The van der Waals surface area contributed by atoms with Gasteiger partial charge in [-0.05, 0) is 31.2 Å². The molecule has 0 bridgehead atoms. The molecule has 0 unspecified atom stereocenters. The molecule has 0 aliphatic heterocycles. The van der Waals surface area contributed by atoms with Crippen LogP contribution in [0.5, 0.6) is 0 Å². The standard InChI is InChI=1S/C17H10Cl5N3O2/c1-7-13(16(25-27-7)14-9(19)3-2-4-10(14)20)17(26)24-23-15-11(21)5-8(18)6-12(15)22/h2-6,23H,1H3,(H,24,26). The van der Waals surface area contributed by atoms with Crippen LogP contribution in [0, 0.1) is 6.92 Å². The van der Waals surface area contributed by atoms with E-state index in [0.29, 0.717) is 26.3 Å². The first kappa shape index (κ1) is 20.1. The Morgan fingerprint density at radius 1 is 1.00 bits per heavy atom. The molecule has 0 radical (unpaired) electrons. The number of halogens is 5. The number of aromatic nitrogens is 1. The lowest BCUT2D eigenvalue weighted by atomic mass is 10.1. The summed E-state index contributed by atoms with van der Waals surface area (Å²) in [6, 6.07) is 7.94. The van der Waals surface area contributed by atoms with E-state index < -0.39 is 5.91 Å². The Balaban J connectivity index is 1.92. The van der Waals surface area contributed by atoms with Gasteiger partial charge in [0.15, 0.2) is 0 Å². The van der Waals surface area contributed by atoms with E-state index in [-0.39, 0.29) is 27.1 Å². The van der Waals surface area contributed by atoms with E-state index >= 15 is 0 Å². The van der Waals surface area contributed by atoms with Crippen molar-refractivity contribution in [1.82, 2.24) is 10.6 Å². The average Bonchev–Trinajstić information content (AvgIpc) is 2.95. The Morgan fingerprint density at radius 2 is 1.59 bits per heavy atom. The highest BCUT2D eigenvalue weighted by molar-refractivity contribution is 6.42. The molecular weight excluding hydrogens is 455 g/mol. The first-order valence-electron chi connectivity index (χ1n) is 7.41. The van der Waals surface area contributed by atoms with Gasteiger partial charge in [0, 0.05) is 10.6 Å². The van der Waals surface area contributed by atoms with E-state index in [0.717, 1.165) is 0 Å². The van der Waals surface area contributed by atoms with Crippen molar-refractivity contribution in [2.45, 2.75) is 6.92 Å². The summed E-state index contributed by atoms with van der Waals surface area (Å²) in [6.45, 7) is 1.60. The highest BCUT2D eigenvalue weighted by Gasteiger charge is 2.25. The van der Waals surface area contributed by atoms with Crippen LogP contribution >= 0.6 is 58.0 Å². The van der Waals surface area contributed by atoms with Crippen LogP contribution in [0.4, 0.5) is 5.69 Å². The van der Waals surface area contributed by atoms with Crippen LogP contribution < -0.4 is 10.9 Å². The number of nitrogens with zero attached hydrogens (tertiary/aromatic N) is 1. The maximum Gasteiger partial charge on any atom is 0.275 e. The quantitative estimate of drug-likeness (QED) is 0.422. The van der Waals surface area contributed by atoms with Gasteiger partial charge >= 0.3 is 0 Å². The van der Waals surface area contributed by atoms with Crippen molar-refractivity contribution in [2.24, 2.45) is 0 Å². The van der Waals surface area contributed by atoms with E-state index in [4.69, 9.17) is 62.5 Å². The molecule has 0 aliphatic rings. The number of hydrogen-bond donors (Lipinski definition) is 2. The van der Waals surface area contributed by atoms with E-state index in [1.807, 2.05) is 0 Å². The topological polar surface area (TPSA) is 67.2 Å². The highest BCUT2D eigenvalue weighted by atomic mass is 35.5. The van der Waals surface area contributed by atoms with Crippen molar-refractivity contribution >= 4 is 69.6 Å². The number of nitrogens with one attached hydrogen (secondary N) is 2. The number of benzene rings is 2. The van der Waals surface area contributed by atoms with Crippen molar-refractivity contribution in [2.75, 3.05) is 5.43 Å². The average molecular weight is 466 g/mol. The van der Waals surface area contributed by atoms with Gasteiger partial charge in [-0.15, -0.1) is 0 Å². The molecule has 3 rings (SSSR count). The van der Waals surface area contributed by atoms with Crippen LogP contribution in [0.2, 0.25) is 25.1 Å². The number of hydrogen-bond acceptors (Lipinski definition) is 4. The van der Waals surface area contributed by atoms with Crippen LogP contribution in [-0.4, -0.2) is 11.1 Å². The van der Waals surface area contributed by atoms with Gasteiger partial charge in [0.2, 0.25) is 0 Å². The molecule has 10 heteroatoms. The molecule has 0 atom stereocenters. The summed E-state index contributed by atoms with van der Waals surface area (Å²) in [4.78, 5) is 12.7. The Kier molecular flexibility index (Phi) is 6.08. The maximum absolute atomic E-state index is 12.7. The fraction of sp³-hybridized carbons (Fsp3) is 0.0588. The predicted octanol–water partition coefficient (Wildman–Crippen LogP) is 6.67. The smallest absolute Gasteiger partial charge is 0.275 e. The molecule has 1 heterocycles. The molecule has 0 saturated heterocycles. The maximum atomic E-state index is 12.7. The minimum atomic E-state index is -0.540. The summed E-state index contributed by atoms with van der Waals surface area (Å²) in [5.41, 5.74) is 6.25. The van der Waals surface area contributed by atoms with Crippen LogP contribution in [-0.2, 0) is 0 Å². The molecule has 0 aliphatic carbocycles. The molecule has 27 heavy (non-hydrogen) atoms. The minimum Gasteiger partial charge on any atom is -0.360 e. The van der Waals surface area contributed by atoms with Gasteiger partial charge in [-0.1, -0.05) is 69.2 Å². The zero-order chi connectivity index (χ0) is 19.7. The van der Waals surface area contributed by atoms with Crippen LogP contribution in [0.3, 0.4) is 0 Å². The number of carbonyl (C=O) groups is 1. The lowest BCUT2D eigenvalue weighted by molar-refractivity contribution is 0.0961. The van der Waals surface area contributed by atoms with Gasteiger partial charge in [0.25, 0.3) is 5.91 Å². The van der Waals surface area contributed by atoms with Crippen molar-refractivity contribution in [3.05, 3.63) is 66.8 Å². The van der Waals surface area contributed by atoms with Gasteiger partial charge in [0.05, 0.1) is 25.8 Å². The van der Waals surface area contributed by atoms with Crippen molar-refractivity contribution < 1.29 is 9.32 Å². The monoisotopic (exact) mass is 463 g/mol. The Bertz CT molecular complexity index is 992. The summed E-state index contributed by atoms with van der Waals surface area (Å²) in [5, 5.41) is 5.45. The molecule has 0 saturated carbocycles. The van der Waals surface area contributed by atoms with E-state index in [1.54, 1.807) is 25.1 Å². The Labute approximate surface area is 179 Å². The predicted molar refractivity (Wildman–Crippen MR) is 109 cm³/mol. The van der Waals surface area contributed by atoms with Crippen molar-refractivity contribution in [1.29, 1.82) is 0 Å². The second-order valence-corrected chi connectivity index (χ2v) is 7.45. The zero-order valence-electron chi connectivity index (χ0n) is 13.5. The summed E-state index contributed by atoms with van der Waals surface area (Å²) in [6.07, 6.45) is 0. The SMILES string of the molecule is Cc1onc(-c2c(Cl)cccc2Cl)c1C(=O)NNc1c(Cl)cc(Cl)cc1Cl. The number of carbonyl (C=O) groups excluding carboxylic acids is 1. The second-order valence-electron chi connectivity index (χ2n) is 5.38. The third-order valence-corrected chi connectivity index (χ3v) is 5.04. The first-order chi connectivity index (χ1) is 12.8. The van der Waals surface area contributed by atoms with Gasteiger partial charge in [-0.25, -0.2) is 0 Å². The van der Waals surface area contributed by atoms with Crippen LogP contribution in [0.1, 0.15) is 16.1 Å². The summed E-state index contributed by atoms with van der Waals surface area (Å²) in [7, 11) is 0. The van der Waals surface area contributed by atoms with E-state index in [1.165, 1.54) is 12.1 Å². The fourth-order valence-corrected chi connectivity index (χ4v) is 3.87. The molecule has 0 spiro atoms. The fourth-order valence-electron chi connectivity index (χ4n) is 2.38. The van der Waals surface area contributed by atoms with Crippen LogP contribution in [0.15, 0.2) is 34.9 Å². The molecule has 1 aromatic heterocycles. The van der Waals surface area contributed by atoms with E-state index in [9.17, 15) is 4.79 Å². The summed E-state index contributed by atoms with van der Waals surface area (Å²) < 4.78 is 5.17. The minimum absolute atomic E-state index is 0.165. The normalized spacial score (nSPS) is 10.7. The zero-order valence-corrected chi connectivity index (χ0v) is 17.3. The Morgan fingerprint density at radius 3 is 2.19 bits per heavy atom. The number of anilines is 1. The summed E-state index contributed by atoms with van der Waals surface area (Å²) in [5.74, 6) is -0.254. The number of aryl methyl sites for hydroxylation is 1. The molecule has 0 fully saturated rings. The molecule has 2 N–H and O–H groups in total. The van der Waals surface area contributed by atoms with Gasteiger partial charge in [-0.3, -0.25) is 15.6 Å². The molecule has 5 nitrogen and oxygen atoms in total.